The number of methoxy groups -OCH3 is 2. The van der Waals surface area contributed by atoms with Crippen LogP contribution < -0.4 is 14.8 Å². The SMILES string of the molecule is COc1cc(C(=O)N2CCCC(C(=O)Nc3ccc(Br)cn3)C2)c([N+](=O)[O-])cc1OC. The summed E-state index contributed by atoms with van der Waals surface area (Å²) in [5.74, 6) is -0.469. The summed E-state index contributed by atoms with van der Waals surface area (Å²) in [6, 6.07) is 5.89. The second kappa shape index (κ2) is 9.73. The average Bonchev–Trinajstić information content (AvgIpc) is 2.79. The van der Waals surface area contributed by atoms with Crippen LogP contribution in [0.3, 0.4) is 0 Å². The molecule has 1 aliphatic heterocycles. The Morgan fingerprint density at radius 1 is 1.26 bits per heavy atom. The van der Waals surface area contributed by atoms with Crippen LogP contribution in [0.25, 0.3) is 0 Å². The molecule has 1 N–H and O–H groups in total. The largest absolute Gasteiger partial charge is 0.493 e. The fourth-order valence-electron chi connectivity index (χ4n) is 3.41. The summed E-state index contributed by atoms with van der Waals surface area (Å²) >= 11 is 3.29. The Labute approximate surface area is 186 Å². The van der Waals surface area contributed by atoms with Gasteiger partial charge in [-0.1, -0.05) is 0 Å². The summed E-state index contributed by atoms with van der Waals surface area (Å²) in [5.41, 5.74) is -0.494. The number of anilines is 1. The molecular formula is C20H21BrN4O6. The minimum Gasteiger partial charge on any atom is -0.493 e. The predicted octanol–water partition coefficient (Wildman–Crippen LogP) is 3.26. The van der Waals surface area contributed by atoms with Crippen LogP contribution >= 0.6 is 15.9 Å². The molecule has 0 aliphatic carbocycles. The average molecular weight is 493 g/mol. The van der Waals surface area contributed by atoms with Gasteiger partial charge >= 0.3 is 0 Å². The van der Waals surface area contributed by atoms with E-state index in [9.17, 15) is 19.7 Å². The predicted molar refractivity (Wildman–Crippen MR) is 115 cm³/mol. The number of carbonyl (C=O) groups is 2. The Morgan fingerprint density at radius 2 is 1.97 bits per heavy atom. The molecule has 0 saturated carbocycles. The molecular weight excluding hydrogens is 472 g/mol. The smallest absolute Gasteiger partial charge is 0.286 e. The zero-order valence-corrected chi connectivity index (χ0v) is 18.5. The second-order valence-electron chi connectivity index (χ2n) is 6.92. The summed E-state index contributed by atoms with van der Waals surface area (Å²) in [6.45, 7) is 0.539. The van der Waals surface area contributed by atoms with Crippen LogP contribution in [0.4, 0.5) is 11.5 Å². The van der Waals surface area contributed by atoms with Gasteiger partial charge in [0.15, 0.2) is 11.5 Å². The molecule has 1 fully saturated rings. The van der Waals surface area contributed by atoms with Gasteiger partial charge in [-0.2, -0.15) is 0 Å². The monoisotopic (exact) mass is 492 g/mol. The number of carbonyl (C=O) groups excluding carboxylic acids is 2. The topological polar surface area (TPSA) is 124 Å². The number of ether oxygens (including phenoxy) is 2. The summed E-state index contributed by atoms with van der Waals surface area (Å²) in [6.07, 6.45) is 2.77. The number of nitrogens with zero attached hydrogens (tertiary/aromatic N) is 3. The van der Waals surface area contributed by atoms with Gasteiger partial charge in [-0.05, 0) is 40.9 Å². The molecule has 1 aromatic heterocycles. The lowest BCUT2D eigenvalue weighted by Crippen LogP contribution is -2.44. The number of nitro benzene ring substituents is 1. The zero-order chi connectivity index (χ0) is 22.5. The number of amides is 2. The van der Waals surface area contributed by atoms with Crippen molar-refractivity contribution in [3.63, 3.8) is 0 Å². The Morgan fingerprint density at radius 3 is 2.58 bits per heavy atom. The van der Waals surface area contributed by atoms with E-state index in [2.05, 4.69) is 26.2 Å². The van der Waals surface area contributed by atoms with Crippen molar-refractivity contribution < 1.29 is 24.0 Å². The van der Waals surface area contributed by atoms with Crippen LogP contribution in [-0.4, -0.2) is 53.9 Å². The van der Waals surface area contributed by atoms with E-state index >= 15 is 0 Å². The molecule has 2 aromatic rings. The maximum absolute atomic E-state index is 13.1. The fourth-order valence-corrected chi connectivity index (χ4v) is 3.65. The number of rotatable bonds is 6. The van der Waals surface area contributed by atoms with Gasteiger partial charge in [-0.15, -0.1) is 0 Å². The first-order chi connectivity index (χ1) is 14.8. The highest BCUT2D eigenvalue weighted by atomic mass is 79.9. The third-order valence-electron chi connectivity index (χ3n) is 4.99. The van der Waals surface area contributed by atoms with Gasteiger partial charge in [-0.3, -0.25) is 19.7 Å². The molecule has 1 unspecified atom stereocenters. The van der Waals surface area contributed by atoms with Crippen LogP contribution in [0.2, 0.25) is 0 Å². The number of hydrogen-bond donors (Lipinski definition) is 1. The van der Waals surface area contributed by atoms with Crippen molar-refractivity contribution in [2.24, 2.45) is 5.92 Å². The van der Waals surface area contributed by atoms with E-state index in [0.29, 0.717) is 25.2 Å². The molecule has 3 rings (SSSR count). The van der Waals surface area contributed by atoms with Crippen molar-refractivity contribution in [3.8, 4) is 11.5 Å². The van der Waals surface area contributed by atoms with E-state index in [4.69, 9.17) is 9.47 Å². The van der Waals surface area contributed by atoms with Crippen molar-refractivity contribution in [1.29, 1.82) is 0 Å². The maximum Gasteiger partial charge on any atom is 0.286 e. The first kappa shape index (κ1) is 22.5. The Kier molecular flexibility index (Phi) is 7.06. The molecule has 2 amide bonds. The molecule has 31 heavy (non-hydrogen) atoms. The van der Waals surface area contributed by atoms with Gasteiger partial charge in [0.1, 0.15) is 11.4 Å². The first-order valence-electron chi connectivity index (χ1n) is 9.46. The number of nitrogens with one attached hydrogen (secondary N) is 1. The number of piperidine rings is 1. The number of likely N-dealkylation sites (tertiary alicyclic amines) is 1. The zero-order valence-electron chi connectivity index (χ0n) is 17.0. The number of nitro groups is 1. The number of aromatic nitrogens is 1. The lowest BCUT2D eigenvalue weighted by atomic mass is 9.96. The molecule has 0 radical (unpaired) electrons. The highest BCUT2D eigenvalue weighted by molar-refractivity contribution is 9.10. The fraction of sp³-hybridized carbons (Fsp3) is 0.350. The minimum atomic E-state index is -0.636. The van der Waals surface area contributed by atoms with Gasteiger partial charge in [0.2, 0.25) is 5.91 Å². The van der Waals surface area contributed by atoms with E-state index in [1.54, 1.807) is 18.3 Å². The molecule has 164 valence electrons. The van der Waals surface area contributed by atoms with Crippen LogP contribution in [0.5, 0.6) is 11.5 Å². The van der Waals surface area contributed by atoms with Crippen molar-refractivity contribution in [1.82, 2.24) is 9.88 Å². The molecule has 1 saturated heterocycles. The molecule has 2 heterocycles. The van der Waals surface area contributed by atoms with Crippen LogP contribution in [0.1, 0.15) is 23.2 Å². The standard InChI is InChI=1S/C20H21BrN4O6/c1-30-16-8-14(15(25(28)29)9-17(16)31-2)20(27)24-7-3-4-12(11-24)19(26)23-18-6-5-13(21)10-22-18/h5-6,8-10,12H,3-4,7,11H2,1-2H3,(H,22,23,26). The molecule has 1 aromatic carbocycles. The summed E-state index contributed by atoms with van der Waals surface area (Å²) in [5, 5.41) is 14.3. The summed E-state index contributed by atoms with van der Waals surface area (Å²) < 4.78 is 11.1. The van der Waals surface area contributed by atoms with Crippen LogP contribution in [0, 0.1) is 16.0 Å². The van der Waals surface area contributed by atoms with E-state index in [1.165, 1.54) is 31.3 Å². The van der Waals surface area contributed by atoms with E-state index in [1.807, 2.05) is 0 Å². The number of pyridine rings is 1. The molecule has 11 heteroatoms. The number of hydrogen-bond acceptors (Lipinski definition) is 7. The van der Waals surface area contributed by atoms with E-state index in [-0.39, 0.29) is 35.2 Å². The van der Waals surface area contributed by atoms with Crippen LogP contribution in [0.15, 0.2) is 34.9 Å². The quantitative estimate of drug-likeness (QED) is 0.484. The lowest BCUT2D eigenvalue weighted by Gasteiger charge is -2.32. The van der Waals surface area contributed by atoms with E-state index in [0.717, 1.165) is 4.47 Å². The summed E-state index contributed by atoms with van der Waals surface area (Å²) in [7, 11) is 2.74. The highest BCUT2D eigenvalue weighted by Crippen LogP contribution is 2.35. The van der Waals surface area contributed by atoms with Gasteiger partial charge in [0, 0.05) is 29.8 Å². The van der Waals surface area contributed by atoms with Gasteiger partial charge in [-0.25, -0.2) is 4.98 Å². The normalized spacial score (nSPS) is 15.8. The minimum absolute atomic E-state index is 0.113. The van der Waals surface area contributed by atoms with Crippen LogP contribution in [-0.2, 0) is 4.79 Å². The summed E-state index contributed by atoms with van der Waals surface area (Å²) in [4.78, 5) is 42.3. The van der Waals surface area contributed by atoms with Crippen molar-refractivity contribution in [2.45, 2.75) is 12.8 Å². The molecule has 10 nitrogen and oxygen atoms in total. The molecule has 0 bridgehead atoms. The third-order valence-corrected chi connectivity index (χ3v) is 5.46. The van der Waals surface area contributed by atoms with Gasteiger partial charge in [0.25, 0.3) is 11.6 Å². The second-order valence-corrected chi connectivity index (χ2v) is 7.84. The van der Waals surface area contributed by atoms with Crippen molar-refractivity contribution >= 4 is 39.2 Å². The van der Waals surface area contributed by atoms with Gasteiger partial charge in [0.05, 0.1) is 31.1 Å². The Balaban J connectivity index is 1.79. The number of benzene rings is 1. The van der Waals surface area contributed by atoms with E-state index < -0.39 is 16.7 Å². The third kappa shape index (κ3) is 5.10. The number of halogens is 1. The lowest BCUT2D eigenvalue weighted by molar-refractivity contribution is -0.385. The van der Waals surface area contributed by atoms with Gasteiger partial charge < -0.3 is 19.7 Å². The first-order valence-corrected chi connectivity index (χ1v) is 10.3. The Bertz CT molecular complexity index is 998. The van der Waals surface area contributed by atoms with Crippen molar-refractivity contribution in [2.75, 3.05) is 32.6 Å². The van der Waals surface area contributed by atoms with Crippen molar-refractivity contribution in [3.05, 3.63) is 50.6 Å². The molecule has 1 atom stereocenters. The highest BCUT2D eigenvalue weighted by Gasteiger charge is 2.33. The molecule has 0 spiro atoms. The molecule has 1 aliphatic rings. The maximum atomic E-state index is 13.1. The Hall–Kier alpha value is -3.21.